The summed E-state index contributed by atoms with van der Waals surface area (Å²) in [6, 6.07) is 2.57. The third kappa shape index (κ3) is 1.94. The molecule has 3 nitrogen and oxygen atoms in total. The molecule has 0 saturated heterocycles. The summed E-state index contributed by atoms with van der Waals surface area (Å²) in [4.78, 5) is 4.06. The van der Waals surface area contributed by atoms with Crippen LogP contribution < -0.4 is 11.1 Å². The molecule has 0 atom stereocenters. The molecule has 3 N–H and O–H groups in total. The second-order valence-electron chi connectivity index (χ2n) is 3.36. The molecule has 0 aliphatic heterocycles. The van der Waals surface area contributed by atoms with E-state index >= 15 is 0 Å². The minimum Gasteiger partial charge on any atom is -0.382 e. The van der Waals surface area contributed by atoms with Crippen LogP contribution in [0.3, 0.4) is 0 Å². The Bertz CT molecular complexity index is 310. The Balaban J connectivity index is 2.13. The van der Waals surface area contributed by atoms with Crippen LogP contribution in [0.5, 0.6) is 0 Å². The number of anilines is 2. The zero-order chi connectivity index (χ0) is 9.26. The molecular formula is C9H12BrN3. The van der Waals surface area contributed by atoms with Crippen molar-refractivity contribution < 1.29 is 0 Å². The summed E-state index contributed by atoms with van der Waals surface area (Å²) in [5.74, 6) is 0.579. The van der Waals surface area contributed by atoms with E-state index in [0.29, 0.717) is 11.9 Å². The molecule has 0 aromatic carbocycles. The van der Waals surface area contributed by atoms with Gasteiger partial charge in [0.05, 0.1) is 5.69 Å². The molecule has 0 amide bonds. The maximum Gasteiger partial charge on any atom is 0.146 e. The summed E-state index contributed by atoms with van der Waals surface area (Å²) in [7, 11) is 0. The van der Waals surface area contributed by atoms with Crippen LogP contribution in [0.15, 0.2) is 16.7 Å². The van der Waals surface area contributed by atoms with Crippen molar-refractivity contribution in [1.29, 1.82) is 0 Å². The van der Waals surface area contributed by atoms with Crippen LogP contribution in [0.25, 0.3) is 0 Å². The van der Waals surface area contributed by atoms with Crippen LogP contribution in [0.2, 0.25) is 0 Å². The lowest BCUT2D eigenvalue weighted by atomic mass is 9.93. The molecule has 1 aliphatic carbocycles. The van der Waals surface area contributed by atoms with Crippen LogP contribution in [0.1, 0.15) is 19.3 Å². The summed E-state index contributed by atoms with van der Waals surface area (Å²) in [5.41, 5.74) is 6.67. The minimum absolute atomic E-state index is 0.579. The van der Waals surface area contributed by atoms with Crippen molar-refractivity contribution in [3.05, 3.63) is 16.7 Å². The van der Waals surface area contributed by atoms with Gasteiger partial charge in [-0.25, -0.2) is 4.98 Å². The molecule has 2 rings (SSSR count). The molecule has 1 saturated carbocycles. The molecule has 13 heavy (non-hydrogen) atoms. The molecule has 1 fully saturated rings. The fraction of sp³-hybridized carbons (Fsp3) is 0.444. The second kappa shape index (κ2) is 3.54. The van der Waals surface area contributed by atoms with Gasteiger partial charge in [0.2, 0.25) is 0 Å². The van der Waals surface area contributed by atoms with Gasteiger partial charge in [-0.15, -0.1) is 0 Å². The Morgan fingerprint density at radius 2 is 2.31 bits per heavy atom. The molecule has 0 spiro atoms. The van der Waals surface area contributed by atoms with E-state index in [9.17, 15) is 0 Å². The van der Waals surface area contributed by atoms with Gasteiger partial charge < -0.3 is 11.1 Å². The fourth-order valence-corrected chi connectivity index (χ4v) is 1.67. The first-order valence-corrected chi connectivity index (χ1v) is 5.22. The molecule has 1 aromatic rings. The van der Waals surface area contributed by atoms with E-state index in [-0.39, 0.29) is 0 Å². The number of halogens is 1. The lowest BCUT2D eigenvalue weighted by Gasteiger charge is -2.27. The van der Waals surface area contributed by atoms with Gasteiger partial charge in [-0.1, -0.05) is 0 Å². The van der Waals surface area contributed by atoms with Crippen LogP contribution >= 0.6 is 15.9 Å². The first-order chi connectivity index (χ1) is 6.25. The molecule has 0 bridgehead atoms. The van der Waals surface area contributed by atoms with Gasteiger partial charge in [-0.3, -0.25) is 0 Å². The number of hydrogen-bond donors (Lipinski definition) is 2. The van der Waals surface area contributed by atoms with E-state index in [2.05, 4.69) is 26.2 Å². The Morgan fingerprint density at radius 1 is 1.54 bits per heavy atom. The molecule has 1 aliphatic rings. The van der Waals surface area contributed by atoms with Gasteiger partial charge in [0.1, 0.15) is 5.82 Å². The van der Waals surface area contributed by atoms with Crippen LogP contribution in [0.4, 0.5) is 11.5 Å². The summed E-state index contributed by atoms with van der Waals surface area (Å²) in [6.07, 6.45) is 5.51. The normalized spacial score (nSPS) is 16.7. The van der Waals surface area contributed by atoms with Crippen molar-refractivity contribution >= 4 is 27.4 Å². The highest BCUT2D eigenvalue weighted by Crippen LogP contribution is 2.27. The van der Waals surface area contributed by atoms with Crippen molar-refractivity contribution in [2.75, 3.05) is 11.1 Å². The van der Waals surface area contributed by atoms with E-state index in [1.165, 1.54) is 19.3 Å². The number of nitrogens with zero attached hydrogens (tertiary/aromatic N) is 1. The Hall–Kier alpha value is -0.770. The van der Waals surface area contributed by atoms with Crippen LogP contribution in [-0.4, -0.2) is 11.0 Å². The lowest BCUT2D eigenvalue weighted by molar-refractivity contribution is 0.445. The number of hydrogen-bond acceptors (Lipinski definition) is 3. The van der Waals surface area contributed by atoms with E-state index < -0.39 is 0 Å². The molecule has 70 valence electrons. The fourth-order valence-electron chi connectivity index (χ4n) is 1.34. The summed E-state index contributed by atoms with van der Waals surface area (Å²) in [6.45, 7) is 0. The van der Waals surface area contributed by atoms with Crippen LogP contribution in [0, 0.1) is 0 Å². The Morgan fingerprint density at radius 3 is 2.92 bits per heavy atom. The molecule has 1 aromatic heterocycles. The number of nitrogens with one attached hydrogen (secondary N) is 1. The largest absolute Gasteiger partial charge is 0.382 e. The summed E-state index contributed by atoms with van der Waals surface area (Å²) in [5, 5.41) is 3.37. The molecule has 4 heteroatoms. The number of nitrogen functional groups attached to an aromatic ring is 1. The van der Waals surface area contributed by atoms with Crippen molar-refractivity contribution in [1.82, 2.24) is 4.98 Å². The first kappa shape index (κ1) is 8.81. The quantitative estimate of drug-likeness (QED) is 0.837. The van der Waals surface area contributed by atoms with E-state index in [0.717, 1.165) is 10.2 Å². The second-order valence-corrected chi connectivity index (χ2v) is 4.27. The van der Waals surface area contributed by atoms with Gasteiger partial charge >= 0.3 is 0 Å². The topological polar surface area (TPSA) is 50.9 Å². The SMILES string of the molecule is Nc1ncc(Br)cc1NC1CCC1. The zero-order valence-electron chi connectivity index (χ0n) is 7.26. The maximum absolute atomic E-state index is 5.72. The standard InChI is InChI=1S/C9H12BrN3/c10-6-4-8(9(11)12-5-6)13-7-2-1-3-7/h4-5,7,13H,1-3H2,(H2,11,12). The molecule has 0 radical (unpaired) electrons. The van der Waals surface area contributed by atoms with Crippen LogP contribution in [-0.2, 0) is 0 Å². The van der Waals surface area contributed by atoms with Crippen molar-refractivity contribution in [3.8, 4) is 0 Å². The number of rotatable bonds is 2. The smallest absolute Gasteiger partial charge is 0.146 e. The third-order valence-corrected chi connectivity index (χ3v) is 2.78. The highest BCUT2D eigenvalue weighted by molar-refractivity contribution is 9.10. The summed E-state index contributed by atoms with van der Waals surface area (Å²) >= 11 is 3.37. The number of pyridine rings is 1. The average Bonchev–Trinajstić information content (AvgIpc) is 2.03. The van der Waals surface area contributed by atoms with Crippen molar-refractivity contribution in [2.45, 2.75) is 25.3 Å². The van der Waals surface area contributed by atoms with Crippen molar-refractivity contribution in [3.63, 3.8) is 0 Å². The van der Waals surface area contributed by atoms with Crippen molar-refractivity contribution in [2.24, 2.45) is 0 Å². The Labute approximate surface area is 85.9 Å². The zero-order valence-corrected chi connectivity index (χ0v) is 8.84. The molecule has 0 unspecified atom stereocenters. The number of nitrogens with two attached hydrogens (primary N) is 1. The molecular weight excluding hydrogens is 230 g/mol. The lowest BCUT2D eigenvalue weighted by Crippen LogP contribution is -2.27. The average molecular weight is 242 g/mol. The predicted molar refractivity (Wildman–Crippen MR) is 57.6 cm³/mol. The Kier molecular flexibility index (Phi) is 2.40. The first-order valence-electron chi connectivity index (χ1n) is 4.43. The third-order valence-electron chi connectivity index (χ3n) is 2.35. The highest BCUT2D eigenvalue weighted by atomic mass is 79.9. The molecule has 1 heterocycles. The predicted octanol–water partition coefficient (Wildman–Crippen LogP) is 2.39. The minimum atomic E-state index is 0.579. The van der Waals surface area contributed by atoms with E-state index in [1.807, 2.05) is 6.07 Å². The number of aromatic nitrogens is 1. The van der Waals surface area contributed by atoms with Gasteiger partial charge in [0, 0.05) is 16.7 Å². The maximum atomic E-state index is 5.72. The highest BCUT2D eigenvalue weighted by Gasteiger charge is 2.17. The van der Waals surface area contributed by atoms with Gasteiger partial charge in [-0.2, -0.15) is 0 Å². The van der Waals surface area contributed by atoms with Gasteiger partial charge in [0.15, 0.2) is 0 Å². The summed E-state index contributed by atoms with van der Waals surface area (Å²) < 4.78 is 0.962. The van der Waals surface area contributed by atoms with E-state index in [1.54, 1.807) is 6.20 Å². The van der Waals surface area contributed by atoms with E-state index in [4.69, 9.17) is 5.73 Å². The van der Waals surface area contributed by atoms with Gasteiger partial charge in [-0.05, 0) is 41.3 Å². The van der Waals surface area contributed by atoms with Gasteiger partial charge in [0.25, 0.3) is 0 Å². The monoisotopic (exact) mass is 241 g/mol.